The maximum atomic E-state index is 6.48. The van der Waals surface area contributed by atoms with Gasteiger partial charge in [0.1, 0.15) is 11.9 Å². The monoisotopic (exact) mass is 376 g/mol. The summed E-state index contributed by atoms with van der Waals surface area (Å²) in [5.41, 5.74) is 3.62. The number of pyridine rings is 1. The summed E-state index contributed by atoms with van der Waals surface area (Å²) in [4.78, 5) is 2.38. The van der Waals surface area contributed by atoms with Crippen LogP contribution >= 0.6 is 0 Å². The Bertz CT molecular complexity index is 982. The van der Waals surface area contributed by atoms with Gasteiger partial charge in [-0.15, -0.1) is 10.2 Å². The Balaban J connectivity index is 1.46. The standard InChI is InChI=1S/C23H28N4O/c1-16-10-12-21(20-9-4-3-8-19(16)20)28-18-11-13-22-24-25-23(27(22)15-18)26-14-6-5-7-17(26)2/h3-4,8-9,11,13,15-17,21H,5-7,10,12,14H2,1-2H3/t16?,17-,21?/m0/s1. The van der Waals surface area contributed by atoms with Gasteiger partial charge in [-0.3, -0.25) is 4.40 Å². The number of hydrogen-bond acceptors (Lipinski definition) is 4. The Morgan fingerprint density at radius 1 is 0.929 bits per heavy atom. The number of fused-ring (bicyclic) bond motifs is 2. The molecule has 0 saturated carbocycles. The van der Waals surface area contributed by atoms with Crippen molar-refractivity contribution < 1.29 is 4.74 Å². The lowest BCUT2D eigenvalue weighted by Gasteiger charge is -2.33. The van der Waals surface area contributed by atoms with Gasteiger partial charge in [-0.25, -0.2) is 0 Å². The van der Waals surface area contributed by atoms with E-state index in [4.69, 9.17) is 4.74 Å². The SMILES string of the molecule is CC1CCC(Oc2ccc3nnc(N4CCCC[C@@H]4C)n3c2)c2ccccc21. The van der Waals surface area contributed by atoms with Crippen LogP contribution in [0.15, 0.2) is 42.6 Å². The molecule has 5 nitrogen and oxygen atoms in total. The van der Waals surface area contributed by atoms with Gasteiger partial charge in [0.2, 0.25) is 5.95 Å². The number of nitrogens with zero attached hydrogens (tertiary/aromatic N) is 4. The number of piperidine rings is 1. The fourth-order valence-corrected chi connectivity index (χ4v) is 4.77. The first-order chi connectivity index (χ1) is 13.7. The van der Waals surface area contributed by atoms with Crippen LogP contribution in [0.5, 0.6) is 5.75 Å². The van der Waals surface area contributed by atoms with Gasteiger partial charge in [0.25, 0.3) is 0 Å². The zero-order valence-corrected chi connectivity index (χ0v) is 16.7. The molecule has 2 aliphatic rings. The fourth-order valence-electron chi connectivity index (χ4n) is 4.77. The second kappa shape index (κ2) is 7.12. The molecule has 2 aromatic heterocycles. The zero-order valence-electron chi connectivity index (χ0n) is 16.7. The summed E-state index contributed by atoms with van der Waals surface area (Å²) < 4.78 is 8.57. The Kier molecular flexibility index (Phi) is 4.46. The molecule has 5 rings (SSSR count). The third-order valence-electron chi connectivity index (χ3n) is 6.43. The molecular formula is C23H28N4O. The summed E-state index contributed by atoms with van der Waals surface area (Å²) in [5.74, 6) is 2.42. The van der Waals surface area contributed by atoms with Crippen molar-refractivity contribution in [2.24, 2.45) is 0 Å². The van der Waals surface area contributed by atoms with E-state index in [1.165, 1.54) is 30.4 Å². The second-order valence-corrected chi connectivity index (χ2v) is 8.35. The number of anilines is 1. The molecule has 2 unspecified atom stereocenters. The van der Waals surface area contributed by atoms with Gasteiger partial charge in [-0.05, 0) is 68.2 Å². The third-order valence-corrected chi connectivity index (χ3v) is 6.43. The van der Waals surface area contributed by atoms with Crippen molar-refractivity contribution in [3.63, 3.8) is 0 Å². The Morgan fingerprint density at radius 3 is 2.64 bits per heavy atom. The summed E-state index contributed by atoms with van der Waals surface area (Å²) in [6.45, 7) is 5.63. The Hall–Kier alpha value is -2.56. The van der Waals surface area contributed by atoms with Gasteiger partial charge < -0.3 is 9.64 Å². The molecule has 0 radical (unpaired) electrons. The highest BCUT2D eigenvalue weighted by molar-refractivity contribution is 5.49. The highest BCUT2D eigenvalue weighted by Gasteiger charge is 2.26. The van der Waals surface area contributed by atoms with E-state index < -0.39 is 0 Å². The Morgan fingerprint density at radius 2 is 1.79 bits per heavy atom. The van der Waals surface area contributed by atoms with Gasteiger partial charge in [0, 0.05) is 12.6 Å². The van der Waals surface area contributed by atoms with Crippen molar-refractivity contribution in [3.05, 3.63) is 53.7 Å². The van der Waals surface area contributed by atoms with E-state index >= 15 is 0 Å². The van der Waals surface area contributed by atoms with Crippen LogP contribution in [-0.2, 0) is 0 Å². The summed E-state index contributed by atoms with van der Waals surface area (Å²) in [6.07, 6.45) is 8.10. The van der Waals surface area contributed by atoms with Crippen LogP contribution in [0.1, 0.15) is 69.1 Å². The van der Waals surface area contributed by atoms with Crippen molar-refractivity contribution in [3.8, 4) is 5.75 Å². The molecule has 0 spiro atoms. The lowest BCUT2D eigenvalue weighted by molar-refractivity contribution is 0.177. The average Bonchev–Trinajstić information content (AvgIpc) is 3.14. The molecule has 146 valence electrons. The number of ether oxygens (including phenoxy) is 1. The first-order valence-corrected chi connectivity index (χ1v) is 10.6. The lowest BCUT2D eigenvalue weighted by atomic mass is 9.82. The summed E-state index contributed by atoms with van der Waals surface area (Å²) in [7, 11) is 0. The Labute approximate surface area is 166 Å². The quantitative estimate of drug-likeness (QED) is 0.636. The second-order valence-electron chi connectivity index (χ2n) is 8.35. The van der Waals surface area contributed by atoms with Crippen LogP contribution in [-0.4, -0.2) is 27.2 Å². The van der Waals surface area contributed by atoms with E-state index in [1.807, 2.05) is 12.1 Å². The molecule has 0 amide bonds. The van der Waals surface area contributed by atoms with Crippen LogP contribution in [0, 0.1) is 0 Å². The topological polar surface area (TPSA) is 42.7 Å². The van der Waals surface area contributed by atoms with Crippen molar-refractivity contribution in [2.75, 3.05) is 11.4 Å². The normalized spacial score (nSPS) is 24.9. The van der Waals surface area contributed by atoms with Crippen LogP contribution < -0.4 is 9.64 Å². The van der Waals surface area contributed by atoms with E-state index in [9.17, 15) is 0 Å². The molecule has 1 fully saturated rings. The molecule has 1 aliphatic heterocycles. The van der Waals surface area contributed by atoms with Crippen molar-refractivity contribution in [1.29, 1.82) is 0 Å². The molecule has 0 N–H and O–H groups in total. The molecular weight excluding hydrogens is 348 g/mol. The molecule has 5 heteroatoms. The lowest BCUT2D eigenvalue weighted by Crippen LogP contribution is -2.38. The molecule has 0 bridgehead atoms. The van der Waals surface area contributed by atoms with Gasteiger partial charge in [-0.1, -0.05) is 31.2 Å². The molecule has 3 atom stereocenters. The first kappa shape index (κ1) is 17.5. The van der Waals surface area contributed by atoms with Crippen LogP contribution in [0.2, 0.25) is 0 Å². The highest BCUT2D eigenvalue weighted by Crippen LogP contribution is 2.39. The smallest absolute Gasteiger partial charge is 0.232 e. The number of benzene rings is 1. The average molecular weight is 377 g/mol. The molecule has 1 aliphatic carbocycles. The van der Waals surface area contributed by atoms with Gasteiger partial charge in [0.05, 0.1) is 6.20 Å². The maximum absolute atomic E-state index is 6.48. The largest absolute Gasteiger partial charge is 0.484 e. The van der Waals surface area contributed by atoms with Crippen LogP contribution in [0.3, 0.4) is 0 Å². The molecule has 1 aromatic carbocycles. The number of rotatable bonds is 3. The minimum Gasteiger partial charge on any atom is -0.484 e. The van der Waals surface area contributed by atoms with Crippen molar-refractivity contribution in [1.82, 2.24) is 14.6 Å². The minimum atomic E-state index is 0.110. The molecule has 28 heavy (non-hydrogen) atoms. The maximum Gasteiger partial charge on any atom is 0.232 e. The van der Waals surface area contributed by atoms with Gasteiger partial charge in [-0.2, -0.15) is 0 Å². The summed E-state index contributed by atoms with van der Waals surface area (Å²) in [6, 6.07) is 13.2. The number of hydrogen-bond donors (Lipinski definition) is 0. The minimum absolute atomic E-state index is 0.110. The van der Waals surface area contributed by atoms with E-state index in [1.54, 1.807) is 0 Å². The first-order valence-electron chi connectivity index (χ1n) is 10.6. The van der Waals surface area contributed by atoms with E-state index in [0.29, 0.717) is 12.0 Å². The predicted octanol–water partition coefficient (Wildman–Crippen LogP) is 5.13. The molecule has 3 aromatic rings. The summed E-state index contributed by atoms with van der Waals surface area (Å²) in [5, 5.41) is 8.86. The van der Waals surface area contributed by atoms with E-state index in [-0.39, 0.29) is 6.10 Å². The van der Waals surface area contributed by atoms with Crippen LogP contribution in [0.25, 0.3) is 5.65 Å². The van der Waals surface area contributed by atoms with Gasteiger partial charge in [0.15, 0.2) is 5.65 Å². The fraction of sp³-hybridized carbons (Fsp3) is 0.478. The van der Waals surface area contributed by atoms with Gasteiger partial charge >= 0.3 is 0 Å². The summed E-state index contributed by atoms with van der Waals surface area (Å²) >= 11 is 0. The third kappa shape index (κ3) is 3.03. The van der Waals surface area contributed by atoms with E-state index in [0.717, 1.165) is 36.7 Å². The van der Waals surface area contributed by atoms with Crippen molar-refractivity contribution in [2.45, 2.75) is 64.0 Å². The predicted molar refractivity (Wildman–Crippen MR) is 111 cm³/mol. The zero-order chi connectivity index (χ0) is 19.1. The molecule has 3 heterocycles. The van der Waals surface area contributed by atoms with Crippen LogP contribution in [0.4, 0.5) is 5.95 Å². The van der Waals surface area contributed by atoms with Crippen molar-refractivity contribution >= 4 is 11.6 Å². The number of aromatic nitrogens is 3. The molecule has 1 saturated heterocycles. The highest BCUT2D eigenvalue weighted by atomic mass is 16.5. The van der Waals surface area contributed by atoms with E-state index in [2.05, 4.69) is 63.8 Å².